The maximum Gasteiger partial charge on any atom is 0.133 e. The number of rotatable bonds is 11. The number of hydrogen-bond donors (Lipinski definition) is 0. The highest BCUT2D eigenvalue weighted by Gasteiger charge is 2.46. The lowest BCUT2D eigenvalue weighted by Crippen LogP contribution is -2.47. The van der Waals surface area contributed by atoms with Crippen molar-refractivity contribution in [2.75, 3.05) is 43.5 Å². The van der Waals surface area contributed by atoms with Gasteiger partial charge in [-0.3, -0.25) is 5.01 Å². The molecule has 0 saturated carbocycles. The van der Waals surface area contributed by atoms with Gasteiger partial charge in [0.1, 0.15) is 5.54 Å². The van der Waals surface area contributed by atoms with Crippen molar-refractivity contribution in [1.29, 1.82) is 0 Å². The Kier molecular flexibility index (Phi) is 9.05. The molecule has 0 aliphatic heterocycles. The van der Waals surface area contributed by atoms with Crippen LogP contribution < -0.4 is 9.80 Å². The van der Waals surface area contributed by atoms with Crippen molar-refractivity contribution in [3.05, 3.63) is 136 Å². The summed E-state index contributed by atoms with van der Waals surface area (Å²) in [5.41, 5.74) is 11.7. The van der Waals surface area contributed by atoms with Crippen molar-refractivity contribution in [1.82, 2.24) is 5.01 Å². The van der Waals surface area contributed by atoms with E-state index in [2.05, 4.69) is 148 Å². The van der Waals surface area contributed by atoms with Crippen molar-refractivity contribution >= 4 is 23.7 Å². The normalized spacial score (nSPS) is 15.6. The molecule has 0 bridgehead atoms. The summed E-state index contributed by atoms with van der Waals surface area (Å²) in [6, 6.07) is 31.3. The van der Waals surface area contributed by atoms with Gasteiger partial charge in [-0.1, -0.05) is 85.8 Å². The van der Waals surface area contributed by atoms with E-state index in [0.717, 1.165) is 43.6 Å². The van der Waals surface area contributed by atoms with E-state index in [1.54, 1.807) is 0 Å². The summed E-state index contributed by atoms with van der Waals surface area (Å²) in [6.07, 6.45) is 5.99. The molecule has 0 spiro atoms. The minimum atomic E-state index is -0.643. The third kappa shape index (κ3) is 5.59. The summed E-state index contributed by atoms with van der Waals surface area (Å²) in [7, 11) is 4.28. The Morgan fingerprint density at radius 3 is 2.23 bits per heavy atom. The molecule has 1 aliphatic carbocycles. The molecule has 0 radical (unpaired) electrons. The van der Waals surface area contributed by atoms with Crippen molar-refractivity contribution in [3.8, 4) is 0 Å². The lowest BCUT2D eigenvalue weighted by molar-refractivity contribution is 0.205. The van der Waals surface area contributed by atoms with Gasteiger partial charge in [0.15, 0.2) is 0 Å². The van der Waals surface area contributed by atoms with E-state index in [9.17, 15) is 0 Å². The summed E-state index contributed by atoms with van der Waals surface area (Å²) >= 11 is 0. The fourth-order valence-corrected chi connectivity index (χ4v) is 6.80. The van der Waals surface area contributed by atoms with Gasteiger partial charge in [0.05, 0.1) is 6.21 Å². The van der Waals surface area contributed by atoms with Crippen molar-refractivity contribution in [2.24, 2.45) is 5.10 Å². The molecule has 43 heavy (non-hydrogen) atoms. The smallest absolute Gasteiger partial charge is 0.133 e. The Labute approximate surface area is 259 Å². The first-order valence-electron chi connectivity index (χ1n) is 15.7. The van der Waals surface area contributed by atoms with Gasteiger partial charge in [-0.2, -0.15) is 5.10 Å². The zero-order chi connectivity index (χ0) is 30.6. The van der Waals surface area contributed by atoms with Crippen molar-refractivity contribution in [2.45, 2.75) is 46.1 Å². The fourth-order valence-electron chi connectivity index (χ4n) is 6.80. The lowest BCUT2D eigenvalue weighted by Gasteiger charge is -2.47. The average molecular weight is 571 g/mol. The first-order chi connectivity index (χ1) is 20.9. The van der Waals surface area contributed by atoms with Gasteiger partial charge in [-0.05, 0) is 96.8 Å². The lowest BCUT2D eigenvalue weighted by atomic mass is 9.67. The quantitative estimate of drug-likeness (QED) is 0.133. The maximum atomic E-state index is 5.24. The molecule has 0 N–H and O–H groups in total. The monoisotopic (exact) mass is 570 g/mol. The van der Waals surface area contributed by atoms with Crippen LogP contribution in [0, 0.1) is 6.92 Å². The Hall–Kier alpha value is -4.31. The van der Waals surface area contributed by atoms with E-state index < -0.39 is 5.54 Å². The van der Waals surface area contributed by atoms with Crippen LogP contribution in [0.25, 0.3) is 6.08 Å². The summed E-state index contributed by atoms with van der Waals surface area (Å²) in [5, 5.41) is 7.43. The first kappa shape index (κ1) is 30.2. The molecule has 0 amide bonds. The first-order valence-corrected chi connectivity index (χ1v) is 15.7. The van der Waals surface area contributed by atoms with Crippen LogP contribution in [-0.4, -0.2) is 45.0 Å². The number of hydrogen-bond acceptors (Lipinski definition) is 4. The molecule has 0 aromatic heterocycles. The van der Waals surface area contributed by atoms with Crippen LogP contribution in [0.2, 0.25) is 0 Å². The number of hydrazone groups is 1. The van der Waals surface area contributed by atoms with Gasteiger partial charge in [-0.15, -0.1) is 0 Å². The Morgan fingerprint density at radius 2 is 1.51 bits per heavy atom. The molecule has 0 heterocycles. The van der Waals surface area contributed by atoms with Gasteiger partial charge in [0.2, 0.25) is 0 Å². The van der Waals surface area contributed by atoms with E-state index >= 15 is 0 Å². The van der Waals surface area contributed by atoms with Crippen LogP contribution in [0.5, 0.6) is 0 Å². The van der Waals surface area contributed by atoms with E-state index in [4.69, 9.17) is 5.10 Å². The summed E-state index contributed by atoms with van der Waals surface area (Å²) < 4.78 is 0. The van der Waals surface area contributed by atoms with Gasteiger partial charge >= 0.3 is 0 Å². The van der Waals surface area contributed by atoms with E-state index in [0.29, 0.717) is 0 Å². The largest absolute Gasteiger partial charge is 0.375 e. The van der Waals surface area contributed by atoms with Crippen LogP contribution in [0.3, 0.4) is 0 Å². The van der Waals surface area contributed by atoms with Crippen molar-refractivity contribution in [3.63, 3.8) is 0 Å². The summed E-state index contributed by atoms with van der Waals surface area (Å²) in [6.45, 7) is 16.1. The zero-order valence-electron chi connectivity index (χ0n) is 26.8. The molecule has 1 unspecified atom stereocenters. The number of fused-ring (bicyclic) bond motifs is 2. The number of aryl methyl sites for hydroxylation is 1. The second kappa shape index (κ2) is 12.9. The maximum absolute atomic E-state index is 5.24. The third-order valence-corrected chi connectivity index (χ3v) is 8.94. The van der Waals surface area contributed by atoms with Crippen LogP contribution >= 0.6 is 0 Å². The zero-order valence-corrected chi connectivity index (χ0v) is 26.8. The summed E-state index contributed by atoms with van der Waals surface area (Å²) in [4.78, 5) is 4.72. The molecule has 4 nitrogen and oxygen atoms in total. The Bertz CT molecular complexity index is 1620. The van der Waals surface area contributed by atoms with Gasteiger partial charge in [-0.25, -0.2) is 0 Å². The highest BCUT2D eigenvalue weighted by Crippen LogP contribution is 2.50. The Morgan fingerprint density at radius 1 is 0.791 bits per heavy atom. The minimum absolute atomic E-state index is 0.643. The molecule has 4 aromatic carbocycles. The molecule has 4 heteroatoms. The standard InChI is InChI=1S/C39H46N4/c1-8-23-41(6)34-17-14-15-30(25-34)28-40-42(7)39(36-18-13-12-16-31(36)9-2)37-21-19-29(5)24-32(37)26-33-27-35(20-22-38(33)39)43(10-3)11-4/h9,12-22,24-25,27-28H,2,8,10-11,23,26H2,1,3-7H3/b40-28+. The highest BCUT2D eigenvalue weighted by molar-refractivity contribution is 5.81. The molecule has 1 atom stereocenters. The Balaban J connectivity index is 1.75. The predicted octanol–water partition coefficient (Wildman–Crippen LogP) is 8.49. The number of anilines is 2. The molecule has 0 saturated heterocycles. The predicted molar refractivity (Wildman–Crippen MR) is 186 cm³/mol. The van der Waals surface area contributed by atoms with Crippen LogP contribution in [0.4, 0.5) is 11.4 Å². The van der Waals surface area contributed by atoms with Crippen LogP contribution in [0.1, 0.15) is 71.7 Å². The van der Waals surface area contributed by atoms with E-state index in [1.165, 1.54) is 44.8 Å². The van der Waals surface area contributed by atoms with Crippen molar-refractivity contribution < 1.29 is 0 Å². The van der Waals surface area contributed by atoms with Gasteiger partial charge in [0, 0.05) is 45.1 Å². The average Bonchev–Trinajstić information content (AvgIpc) is 3.03. The fraction of sp³-hybridized carbons (Fsp3) is 0.308. The van der Waals surface area contributed by atoms with Crippen LogP contribution in [0.15, 0.2) is 96.6 Å². The third-order valence-electron chi connectivity index (χ3n) is 8.94. The van der Waals surface area contributed by atoms with E-state index in [1.807, 2.05) is 12.3 Å². The molecule has 0 fully saturated rings. The van der Waals surface area contributed by atoms with Gasteiger partial charge in [0.25, 0.3) is 0 Å². The second-order valence-electron chi connectivity index (χ2n) is 11.6. The summed E-state index contributed by atoms with van der Waals surface area (Å²) in [5.74, 6) is 0. The minimum Gasteiger partial charge on any atom is -0.375 e. The highest BCUT2D eigenvalue weighted by atomic mass is 15.5. The number of benzene rings is 4. The van der Waals surface area contributed by atoms with Gasteiger partial charge < -0.3 is 9.80 Å². The van der Waals surface area contributed by atoms with Crippen LogP contribution in [-0.2, 0) is 12.0 Å². The SMILES string of the molecule is C=Cc1ccccc1C1(N(C)/N=C/c2cccc(N(C)CCC)c2)c2ccc(C)cc2Cc2cc(N(CC)CC)ccc21. The molecular weight excluding hydrogens is 524 g/mol. The topological polar surface area (TPSA) is 22.1 Å². The molecule has 222 valence electrons. The molecular formula is C39H46N4. The second-order valence-corrected chi connectivity index (χ2v) is 11.6. The molecule has 1 aliphatic rings. The molecule has 5 rings (SSSR count). The molecule has 4 aromatic rings. The van der Waals surface area contributed by atoms with E-state index in [-0.39, 0.29) is 0 Å². The number of nitrogens with zero attached hydrogens (tertiary/aromatic N) is 4.